The smallest absolute Gasteiger partial charge is 0.309 e. The number of allylic oxidation sites excluding steroid dienone is 2. The molecular weight excluding hydrogens is 224 g/mol. The quantitative estimate of drug-likeness (QED) is 0.522. The molecule has 0 unspecified atom stereocenters. The van der Waals surface area contributed by atoms with Crippen LogP contribution in [-0.4, -0.2) is 13.1 Å². The fourth-order valence-corrected chi connectivity index (χ4v) is 4.34. The average molecular weight is 250 g/mol. The number of methoxy groups -OCH3 is 1. The van der Waals surface area contributed by atoms with Crippen LogP contribution in [0.1, 0.15) is 47.0 Å². The van der Waals surface area contributed by atoms with E-state index in [1.807, 2.05) is 0 Å². The van der Waals surface area contributed by atoms with E-state index >= 15 is 0 Å². The third kappa shape index (κ3) is 2.10. The van der Waals surface area contributed by atoms with Crippen molar-refractivity contribution >= 4 is 5.97 Å². The van der Waals surface area contributed by atoms with Crippen molar-refractivity contribution in [1.82, 2.24) is 0 Å². The number of ether oxygens (including phenoxy) is 1. The molecule has 5 atom stereocenters. The normalized spacial score (nSPS) is 43.9. The van der Waals surface area contributed by atoms with Crippen molar-refractivity contribution in [3.8, 4) is 0 Å². The predicted octanol–water partition coefficient (Wildman–Crippen LogP) is 3.81. The van der Waals surface area contributed by atoms with E-state index in [0.717, 1.165) is 12.3 Å². The number of carbonyl (C=O) groups is 1. The summed E-state index contributed by atoms with van der Waals surface area (Å²) < 4.78 is 5.06. The zero-order chi connectivity index (χ0) is 13.5. The summed E-state index contributed by atoms with van der Waals surface area (Å²) in [6.07, 6.45) is 6.05. The molecule has 0 N–H and O–H groups in total. The molecule has 102 valence electrons. The van der Waals surface area contributed by atoms with E-state index in [9.17, 15) is 4.79 Å². The maximum absolute atomic E-state index is 12.2. The van der Waals surface area contributed by atoms with Crippen LogP contribution in [0, 0.1) is 29.1 Å². The second kappa shape index (κ2) is 4.71. The summed E-state index contributed by atoms with van der Waals surface area (Å²) in [5.41, 5.74) is 1.55. The van der Waals surface area contributed by atoms with Gasteiger partial charge < -0.3 is 4.74 Å². The van der Waals surface area contributed by atoms with Crippen molar-refractivity contribution in [2.75, 3.05) is 7.11 Å². The molecule has 2 heteroatoms. The molecular formula is C16H26O2. The van der Waals surface area contributed by atoms with Gasteiger partial charge in [0.2, 0.25) is 0 Å². The highest BCUT2D eigenvalue weighted by atomic mass is 16.5. The van der Waals surface area contributed by atoms with Crippen molar-refractivity contribution in [2.24, 2.45) is 29.1 Å². The topological polar surface area (TPSA) is 26.3 Å². The molecule has 0 amide bonds. The molecule has 1 fully saturated rings. The van der Waals surface area contributed by atoms with Crippen molar-refractivity contribution in [3.63, 3.8) is 0 Å². The van der Waals surface area contributed by atoms with Crippen LogP contribution in [0.4, 0.5) is 0 Å². The lowest BCUT2D eigenvalue weighted by molar-refractivity contribution is -0.153. The molecule has 0 aromatic carbocycles. The Kier molecular flexibility index (Phi) is 3.57. The fraction of sp³-hybridized carbons (Fsp3) is 0.812. The minimum Gasteiger partial charge on any atom is -0.469 e. The van der Waals surface area contributed by atoms with Crippen LogP contribution in [0.3, 0.4) is 0 Å². The molecule has 2 aliphatic rings. The lowest BCUT2D eigenvalue weighted by Crippen LogP contribution is -2.46. The standard InChI is InChI=1S/C16H26O2/c1-10-6-7-13-14(15(17)18-5)12(3)11(2)9-16(13,4)8-10/h9-10,12-14H,6-8H2,1-5H3/t10-,12+,13+,14-,16-/m1/s1. The summed E-state index contributed by atoms with van der Waals surface area (Å²) in [5, 5.41) is 0. The Hall–Kier alpha value is -0.790. The van der Waals surface area contributed by atoms with Crippen molar-refractivity contribution in [2.45, 2.75) is 47.0 Å². The van der Waals surface area contributed by atoms with Gasteiger partial charge in [-0.3, -0.25) is 4.79 Å². The van der Waals surface area contributed by atoms with E-state index < -0.39 is 0 Å². The van der Waals surface area contributed by atoms with Gasteiger partial charge in [0.1, 0.15) is 0 Å². The van der Waals surface area contributed by atoms with Crippen LogP contribution < -0.4 is 0 Å². The Bertz CT molecular complexity index is 371. The van der Waals surface area contributed by atoms with Crippen LogP contribution >= 0.6 is 0 Å². The largest absolute Gasteiger partial charge is 0.469 e. The number of carbonyl (C=O) groups excluding carboxylic acids is 1. The summed E-state index contributed by atoms with van der Waals surface area (Å²) in [7, 11) is 1.52. The molecule has 0 radical (unpaired) electrons. The van der Waals surface area contributed by atoms with Gasteiger partial charge in [0, 0.05) is 0 Å². The average Bonchev–Trinajstić information content (AvgIpc) is 2.30. The van der Waals surface area contributed by atoms with Crippen LogP contribution in [-0.2, 0) is 9.53 Å². The Morgan fingerprint density at radius 3 is 2.67 bits per heavy atom. The lowest BCUT2D eigenvalue weighted by atomic mass is 9.54. The summed E-state index contributed by atoms with van der Waals surface area (Å²) >= 11 is 0. The summed E-state index contributed by atoms with van der Waals surface area (Å²) in [5.74, 6) is 1.59. The Morgan fingerprint density at radius 1 is 1.39 bits per heavy atom. The first-order valence-corrected chi connectivity index (χ1v) is 7.16. The maximum atomic E-state index is 12.2. The number of hydrogen-bond donors (Lipinski definition) is 0. The first kappa shape index (κ1) is 13.6. The molecule has 1 saturated carbocycles. The molecule has 0 aliphatic heterocycles. The van der Waals surface area contributed by atoms with Crippen molar-refractivity contribution in [1.29, 1.82) is 0 Å². The van der Waals surface area contributed by atoms with Gasteiger partial charge in [-0.15, -0.1) is 0 Å². The molecule has 0 saturated heterocycles. The van der Waals surface area contributed by atoms with E-state index in [4.69, 9.17) is 4.74 Å². The van der Waals surface area contributed by atoms with E-state index in [1.54, 1.807) is 0 Å². The van der Waals surface area contributed by atoms with Gasteiger partial charge in [-0.05, 0) is 42.9 Å². The second-order valence-electron chi connectivity index (χ2n) is 6.72. The first-order valence-electron chi connectivity index (χ1n) is 7.16. The first-order chi connectivity index (χ1) is 8.39. The molecule has 2 rings (SSSR count). The van der Waals surface area contributed by atoms with Gasteiger partial charge in [-0.25, -0.2) is 0 Å². The van der Waals surface area contributed by atoms with Gasteiger partial charge in [-0.2, -0.15) is 0 Å². The van der Waals surface area contributed by atoms with E-state index in [2.05, 4.69) is 33.8 Å². The molecule has 0 aromatic heterocycles. The fourth-order valence-electron chi connectivity index (χ4n) is 4.34. The zero-order valence-corrected chi connectivity index (χ0v) is 12.3. The van der Waals surface area contributed by atoms with Gasteiger partial charge in [-0.1, -0.05) is 38.8 Å². The Balaban J connectivity index is 2.38. The number of esters is 1. The van der Waals surface area contributed by atoms with E-state index in [1.165, 1.54) is 25.5 Å². The lowest BCUT2D eigenvalue weighted by Gasteiger charge is -2.50. The SMILES string of the molecule is COC(=O)[C@@H]1[C@@H](C)C(C)=C[C@@]2(C)C[C@H](C)CC[C@@H]12. The van der Waals surface area contributed by atoms with E-state index in [-0.39, 0.29) is 17.3 Å². The van der Waals surface area contributed by atoms with E-state index in [0.29, 0.717) is 11.8 Å². The zero-order valence-electron chi connectivity index (χ0n) is 12.3. The highest BCUT2D eigenvalue weighted by molar-refractivity contribution is 5.74. The Morgan fingerprint density at radius 2 is 2.06 bits per heavy atom. The maximum Gasteiger partial charge on any atom is 0.309 e. The summed E-state index contributed by atoms with van der Waals surface area (Å²) in [4.78, 5) is 12.2. The molecule has 0 aromatic rings. The monoisotopic (exact) mass is 250 g/mol. The third-order valence-electron chi connectivity index (χ3n) is 5.33. The van der Waals surface area contributed by atoms with Crippen molar-refractivity contribution < 1.29 is 9.53 Å². The number of rotatable bonds is 1. The van der Waals surface area contributed by atoms with Crippen LogP contribution in [0.15, 0.2) is 11.6 Å². The van der Waals surface area contributed by atoms with Gasteiger partial charge in [0.25, 0.3) is 0 Å². The molecule has 18 heavy (non-hydrogen) atoms. The van der Waals surface area contributed by atoms with Crippen LogP contribution in [0.25, 0.3) is 0 Å². The molecule has 0 heterocycles. The van der Waals surface area contributed by atoms with Gasteiger partial charge in [0.05, 0.1) is 13.0 Å². The van der Waals surface area contributed by atoms with Crippen molar-refractivity contribution in [3.05, 3.63) is 11.6 Å². The molecule has 2 nitrogen and oxygen atoms in total. The van der Waals surface area contributed by atoms with Gasteiger partial charge >= 0.3 is 5.97 Å². The Labute approximate surface area is 111 Å². The minimum absolute atomic E-state index is 0.0132. The predicted molar refractivity (Wildman–Crippen MR) is 73.0 cm³/mol. The number of hydrogen-bond acceptors (Lipinski definition) is 2. The molecule has 0 bridgehead atoms. The third-order valence-corrected chi connectivity index (χ3v) is 5.33. The highest BCUT2D eigenvalue weighted by Crippen LogP contribution is 2.54. The molecule has 0 spiro atoms. The number of fused-ring (bicyclic) bond motifs is 1. The second-order valence-corrected chi connectivity index (χ2v) is 6.72. The van der Waals surface area contributed by atoms with Crippen LogP contribution in [0.5, 0.6) is 0 Å². The molecule has 2 aliphatic carbocycles. The van der Waals surface area contributed by atoms with Crippen LogP contribution in [0.2, 0.25) is 0 Å². The minimum atomic E-state index is -0.0132. The summed E-state index contributed by atoms with van der Waals surface area (Å²) in [6, 6.07) is 0. The van der Waals surface area contributed by atoms with Gasteiger partial charge in [0.15, 0.2) is 0 Å². The summed E-state index contributed by atoms with van der Waals surface area (Å²) in [6.45, 7) is 9.00. The highest BCUT2D eigenvalue weighted by Gasteiger charge is 2.49.